The fourth-order valence-corrected chi connectivity index (χ4v) is 4.00. The highest BCUT2D eigenvalue weighted by Gasteiger charge is 2.39. The molecule has 1 aliphatic heterocycles. The van der Waals surface area contributed by atoms with Gasteiger partial charge in [-0.15, -0.1) is 11.3 Å². The lowest BCUT2D eigenvalue weighted by atomic mass is 9.83. The van der Waals surface area contributed by atoms with Crippen LogP contribution in [-0.4, -0.2) is 29.9 Å². The first-order valence-corrected chi connectivity index (χ1v) is 7.82. The molecule has 2 fully saturated rings. The number of aromatic nitrogens is 1. The topological polar surface area (TPSA) is 42.4 Å². The molecule has 2 aliphatic rings. The fourth-order valence-electron chi connectivity index (χ4n) is 2.95. The van der Waals surface area contributed by atoms with E-state index >= 15 is 0 Å². The van der Waals surface area contributed by atoms with Gasteiger partial charge >= 0.3 is 0 Å². The Hall–Kier alpha value is -0.450. The van der Waals surface area contributed by atoms with Gasteiger partial charge in [0.2, 0.25) is 0 Å². The highest BCUT2D eigenvalue weighted by atomic mass is 32.1. The van der Waals surface area contributed by atoms with E-state index in [0.29, 0.717) is 19.1 Å². The highest BCUT2D eigenvalue weighted by Crippen LogP contribution is 2.36. The quantitative estimate of drug-likeness (QED) is 0.912. The minimum Gasteiger partial charge on any atom is -0.396 e. The fraction of sp³-hybridized carbons (Fsp3) is 0.786. The third kappa shape index (κ3) is 2.46. The van der Waals surface area contributed by atoms with Gasteiger partial charge in [-0.25, -0.2) is 4.98 Å². The van der Waals surface area contributed by atoms with Gasteiger partial charge < -0.3 is 9.84 Å². The summed E-state index contributed by atoms with van der Waals surface area (Å²) in [5, 5.41) is 12.9. The molecule has 0 radical (unpaired) electrons. The molecule has 1 aromatic rings. The first kappa shape index (κ1) is 12.6. The molecule has 0 atom stereocenters. The number of nitrogens with zero attached hydrogens (tertiary/aromatic N) is 1. The number of ether oxygens (including phenoxy) is 1. The molecule has 1 N–H and O–H groups in total. The lowest BCUT2D eigenvalue weighted by molar-refractivity contribution is -0.136. The number of hydrogen-bond donors (Lipinski definition) is 1. The highest BCUT2D eigenvalue weighted by molar-refractivity contribution is 7.09. The van der Waals surface area contributed by atoms with Gasteiger partial charge in [-0.2, -0.15) is 0 Å². The largest absolute Gasteiger partial charge is 0.396 e. The number of hydrogen-bond acceptors (Lipinski definition) is 4. The number of aliphatic hydroxyl groups is 1. The molecule has 1 saturated heterocycles. The Kier molecular flexibility index (Phi) is 3.68. The summed E-state index contributed by atoms with van der Waals surface area (Å²) in [7, 11) is 0. The van der Waals surface area contributed by atoms with Crippen LogP contribution in [0.1, 0.15) is 48.7 Å². The molecule has 1 saturated carbocycles. The van der Waals surface area contributed by atoms with Gasteiger partial charge in [-0.1, -0.05) is 19.3 Å². The van der Waals surface area contributed by atoms with Gasteiger partial charge in [-0.3, -0.25) is 0 Å². The van der Waals surface area contributed by atoms with Crippen molar-refractivity contribution in [2.45, 2.75) is 44.4 Å². The third-order valence-corrected chi connectivity index (χ3v) is 5.14. The van der Waals surface area contributed by atoms with Crippen molar-refractivity contribution < 1.29 is 9.84 Å². The van der Waals surface area contributed by atoms with Crippen molar-refractivity contribution in [1.82, 2.24) is 4.98 Å². The monoisotopic (exact) mass is 267 g/mol. The molecule has 3 rings (SSSR count). The molecule has 100 valence electrons. The Morgan fingerprint density at radius 1 is 1.33 bits per heavy atom. The molecule has 0 unspecified atom stereocenters. The zero-order chi connectivity index (χ0) is 12.4. The Labute approximate surface area is 112 Å². The lowest BCUT2D eigenvalue weighted by Crippen LogP contribution is -2.47. The van der Waals surface area contributed by atoms with Crippen LogP contribution in [0.3, 0.4) is 0 Å². The maximum absolute atomic E-state index is 9.45. The van der Waals surface area contributed by atoms with Gasteiger partial charge in [0.1, 0.15) is 0 Å². The van der Waals surface area contributed by atoms with E-state index in [1.807, 2.05) is 0 Å². The van der Waals surface area contributed by atoms with Crippen LogP contribution in [-0.2, 0) is 11.2 Å². The van der Waals surface area contributed by atoms with Crippen molar-refractivity contribution in [2.24, 2.45) is 5.41 Å². The average Bonchev–Trinajstić information content (AvgIpc) is 2.83. The van der Waals surface area contributed by atoms with Crippen molar-refractivity contribution in [3.05, 3.63) is 16.1 Å². The molecule has 2 heterocycles. The van der Waals surface area contributed by atoms with Crippen LogP contribution < -0.4 is 0 Å². The maximum atomic E-state index is 9.45. The normalized spacial score (nSPS) is 23.8. The molecule has 1 aromatic heterocycles. The van der Waals surface area contributed by atoms with Crippen molar-refractivity contribution >= 4 is 11.3 Å². The van der Waals surface area contributed by atoms with Gasteiger partial charge in [0, 0.05) is 23.1 Å². The SMILES string of the molecule is OCC1(Cc2nc(C3CCCCC3)cs2)COC1. The van der Waals surface area contributed by atoms with E-state index in [2.05, 4.69) is 5.38 Å². The predicted molar refractivity (Wildman–Crippen MR) is 72.0 cm³/mol. The van der Waals surface area contributed by atoms with E-state index in [9.17, 15) is 5.11 Å². The predicted octanol–water partition coefficient (Wildman–Crippen LogP) is 2.74. The Morgan fingerprint density at radius 2 is 2.11 bits per heavy atom. The van der Waals surface area contributed by atoms with Crippen LogP contribution >= 0.6 is 11.3 Å². The summed E-state index contributed by atoms with van der Waals surface area (Å²) in [5.41, 5.74) is 1.25. The summed E-state index contributed by atoms with van der Waals surface area (Å²) in [4.78, 5) is 4.80. The minimum atomic E-state index is -0.0400. The molecule has 4 heteroatoms. The van der Waals surface area contributed by atoms with Gasteiger partial charge in [0.15, 0.2) is 0 Å². The number of thiazole rings is 1. The van der Waals surface area contributed by atoms with Crippen molar-refractivity contribution in [3.63, 3.8) is 0 Å². The second-order valence-corrected chi connectivity index (χ2v) is 6.77. The van der Waals surface area contributed by atoms with Crippen LogP contribution in [0.4, 0.5) is 0 Å². The molecule has 0 bridgehead atoms. The van der Waals surface area contributed by atoms with Crippen molar-refractivity contribution in [3.8, 4) is 0 Å². The molecule has 0 amide bonds. The summed E-state index contributed by atoms with van der Waals surface area (Å²) in [6.45, 7) is 1.58. The lowest BCUT2D eigenvalue weighted by Gasteiger charge is -2.39. The van der Waals surface area contributed by atoms with E-state index in [1.54, 1.807) is 11.3 Å². The molecule has 0 aromatic carbocycles. The van der Waals surface area contributed by atoms with Crippen LogP contribution in [0.5, 0.6) is 0 Å². The molecule has 0 spiro atoms. The van der Waals surface area contributed by atoms with E-state index in [-0.39, 0.29) is 12.0 Å². The molecular weight excluding hydrogens is 246 g/mol. The first-order chi connectivity index (χ1) is 8.81. The van der Waals surface area contributed by atoms with Gasteiger partial charge in [0.05, 0.1) is 30.5 Å². The Bertz CT molecular complexity index is 389. The van der Waals surface area contributed by atoms with Crippen LogP contribution in [0.25, 0.3) is 0 Å². The second kappa shape index (κ2) is 5.27. The molecule has 3 nitrogen and oxygen atoms in total. The Morgan fingerprint density at radius 3 is 2.72 bits per heavy atom. The third-order valence-electron chi connectivity index (χ3n) is 4.27. The van der Waals surface area contributed by atoms with Crippen LogP contribution in [0.15, 0.2) is 5.38 Å². The number of aliphatic hydroxyl groups excluding tert-OH is 1. The standard InChI is InChI=1S/C14H21NO2S/c16-8-14(9-17-10-14)6-13-15-12(7-18-13)11-4-2-1-3-5-11/h7,11,16H,1-6,8-10H2. The average molecular weight is 267 g/mol. The van der Waals surface area contributed by atoms with Crippen LogP contribution in [0.2, 0.25) is 0 Å². The zero-order valence-electron chi connectivity index (χ0n) is 10.7. The smallest absolute Gasteiger partial charge is 0.0936 e. The molecule has 1 aliphatic carbocycles. The maximum Gasteiger partial charge on any atom is 0.0936 e. The van der Waals surface area contributed by atoms with Gasteiger partial charge in [0.25, 0.3) is 0 Å². The van der Waals surface area contributed by atoms with E-state index in [1.165, 1.54) is 42.8 Å². The van der Waals surface area contributed by atoms with E-state index in [0.717, 1.165) is 6.42 Å². The summed E-state index contributed by atoms with van der Waals surface area (Å²) in [6.07, 6.45) is 7.58. The molecule has 18 heavy (non-hydrogen) atoms. The summed E-state index contributed by atoms with van der Waals surface area (Å²) in [5.74, 6) is 0.687. The minimum absolute atomic E-state index is 0.0400. The van der Waals surface area contributed by atoms with Crippen molar-refractivity contribution in [2.75, 3.05) is 19.8 Å². The Balaban J connectivity index is 1.65. The second-order valence-electron chi connectivity index (χ2n) is 5.83. The van der Waals surface area contributed by atoms with Gasteiger partial charge in [-0.05, 0) is 12.8 Å². The molecular formula is C14H21NO2S. The van der Waals surface area contributed by atoms with Crippen LogP contribution in [0, 0.1) is 5.41 Å². The summed E-state index contributed by atoms with van der Waals surface area (Å²) >= 11 is 1.76. The summed E-state index contributed by atoms with van der Waals surface area (Å²) in [6, 6.07) is 0. The zero-order valence-corrected chi connectivity index (χ0v) is 11.5. The van der Waals surface area contributed by atoms with Crippen molar-refractivity contribution in [1.29, 1.82) is 0 Å². The summed E-state index contributed by atoms with van der Waals surface area (Å²) < 4.78 is 5.24. The van der Waals surface area contributed by atoms with E-state index < -0.39 is 0 Å². The van der Waals surface area contributed by atoms with E-state index in [4.69, 9.17) is 9.72 Å². The first-order valence-electron chi connectivity index (χ1n) is 6.94. The number of rotatable bonds is 4.